The van der Waals surface area contributed by atoms with Crippen LogP contribution in [0.1, 0.15) is 24.2 Å². The van der Waals surface area contributed by atoms with Crippen LogP contribution in [0.5, 0.6) is 11.5 Å². The number of anilines is 2. The summed E-state index contributed by atoms with van der Waals surface area (Å²) in [4.78, 5) is 38.0. The molecule has 0 aromatic heterocycles. The quantitative estimate of drug-likeness (QED) is 0.772. The van der Waals surface area contributed by atoms with Crippen LogP contribution in [0.3, 0.4) is 0 Å². The predicted octanol–water partition coefficient (Wildman–Crippen LogP) is 3.19. The van der Waals surface area contributed by atoms with Gasteiger partial charge in [0.2, 0.25) is 5.91 Å². The molecule has 2 amide bonds. The topological polar surface area (TPSA) is 105 Å². The Balaban J connectivity index is 1.88. The van der Waals surface area contributed by atoms with Crippen molar-refractivity contribution in [3.8, 4) is 11.5 Å². The Bertz CT molecular complexity index is 1000. The lowest BCUT2D eigenvalue weighted by Gasteiger charge is -2.38. The summed E-state index contributed by atoms with van der Waals surface area (Å²) in [6.07, 6.45) is 0. The minimum atomic E-state index is -1.21. The van der Waals surface area contributed by atoms with E-state index in [2.05, 4.69) is 5.32 Å². The van der Waals surface area contributed by atoms with Gasteiger partial charge in [-0.05, 0) is 50.2 Å². The molecule has 3 rings (SSSR count). The normalized spacial score (nSPS) is 14.6. The Morgan fingerprint density at radius 3 is 2.59 bits per heavy atom. The predicted molar refractivity (Wildman–Crippen MR) is 107 cm³/mol. The molecule has 0 atom stereocenters. The van der Waals surface area contributed by atoms with Crippen molar-refractivity contribution in [1.29, 1.82) is 0 Å². The summed E-state index contributed by atoms with van der Waals surface area (Å²) in [5.41, 5.74) is -0.578. The molecule has 8 nitrogen and oxygen atoms in total. The monoisotopic (exact) mass is 418 g/mol. The van der Waals surface area contributed by atoms with E-state index in [-0.39, 0.29) is 17.8 Å². The first-order valence-electron chi connectivity index (χ1n) is 8.64. The lowest BCUT2D eigenvalue weighted by atomic mass is 10.0. The van der Waals surface area contributed by atoms with Gasteiger partial charge in [-0.3, -0.25) is 14.5 Å². The van der Waals surface area contributed by atoms with Crippen molar-refractivity contribution in [3.05, 3.63) is 47.0 Å². The maximum Gasteiger partial charge on any atom is 0.335 e. The first-order valence-corrected chi connectivity index (χ1v) is 9.02. The molecular weight excluding hydrogens is 400 g/mol. The van der Waals surface area contributed by atoms with E-state index < -0.39 is 23.4 Å². The van der Waals surface area contributed by atoms with E-state index in [1.165, 1.54) is 36.3 Å². The summed E-state index contributed by atoms with van der Waals surface area (Å²) >= 11 is 6.07. The second kappa shape index (κ2) is 7.63. The van der Waals surface area contributed by atoms with Crippen molar-refractivity contribution in [2.45, 2.75) is 19.4 Å². The number of methoxy groups -OCH3 is 1. The largest absolute Gasteiger partial charge is 0.495 e. The number of carbonyl (C=O) groups is 3. The number of nitrogens with zero attached hydrogens (tertiary/aromatic N) is 1. The number of benzene rings is 2. The van der Waals surface area contributed by atoms with Gasteiger partial charge < -0.3 is 19.9 Å². The third-order valence-corrected chi connectivity index (χ3v) is 4.65. The fourth-order valence-corrected chi connectivity index (χ4v) is 3.20. The molecule has 0 unspecified atom stereocenters. The van der Waals surface area contributed by atoms with Crippen LogP contribution in [0.15, 0.2) is 36.4 Å². The number of hydrogen-bond donors (Lipinski definition) is 2. The molecule has 0 saturated heterocycles. The number of carboxylic acids is 1. The molecule has 2 N–H and O–H groups in total. The Hall–Kier alpha value is -3.26. The Morgan fingerprint density at radius 2 is 1.97 bits per heavy atom. The smallest absolute Gasteiger partial charge is 0.335 e. The molecule has 2 aromatic carbocycles. The zero-order valence-corrected chi connectivity index (χ0v) is 16.7. The standard InChI is InChI=1S/C20H19ClN2O6/c1-20(2)19(27)23(14-8-11(18(25)26)4-6-16(14)29-20)10-17(24)22-12-5-7-15(28-3)13(21)9-12/h4-9H,10H2,1-3H3,(H,22,24)(H,25,26). The maximum atomic E-state index is 12.9. The van der Waals surface area contributed by atoms with E-state index in [1.807, 2.05) is 0 Å². The highest BCUT2D eigenvalue weighted by atomic mass is 35.5. The summed E-state index contributed by atoms with van der Waals surface area (Å²) < 4.78 is 10.8. The minimum absolute atomic E-state index is 0.0211. The highest BCUT2D eigenvalue weighted by Gasteiger charge is 2.41. The first kappa shape index (κ1) is 20.5. The third kappa shape index (κ3) is 4.12. The number of rotatable bonds is 5. The van der Waals surface area contributed by atoms with Gasteiger partial charge in [-0.2, -0.15) is 0 Å². The molecule has 0 fully saturated rings. The highest BCUT2D eigenvalue weighted by molar-refractivity contribution is 6.32. The zero-order valence-electron chi connectivity index (χ0n) is 16.0. The number of ether oxygens (including phenoxy) is 2. The fourth-order valence-electron chi connectivity index (χ4n) is 2.95. The number of carbonyl (C=O) groups excluding carboxylic acids is 2. The van der Waals surface area contributed by atoms with Crippen molar-refractivity contribution in [2.75, 3.05) is 23.9 Å². The molecule has 0 radical (unpaired) electrons. The summed E-state index contributed by atoms with van der Waals surface area (Å²) in [5, 5.41) is 12.2. The molecule has 0 aliphatic carbocycles. The number of carboxylic acid groups (broad SMARTS) is 1. The average molecular weight is 419 g/mol. The van der Waals surface area contributed by atoms with Gasteiger partial charge in [0.25, 0.3) is 5.91 Å². The van der Waals surface area contributed by atoms with Crippen molar-refractivity contribution in [3.63, 3.8) is 0 Å². The number of hydrogen-bond acceptors (Lipinski definition) is 5. The Labute approximate surface area is 172 Å². The van der Waals surface area contributed by atoms with Crippen molar-refractivity contribution >= 4 is 40.8 Å². The van der Waals surface area contributed by atoms with E-state index in [0.29, 0.717) is 22.2 Å². The van der Waals surface area contributed by atoms with Crippen molar-refractivity contribution in [1.82, 2.24) is 0 Å². The number of aromatic carboxylic acids is 1. The van der Waals surface area contributed by atoms with Crippen LogP contribution in [0.2, 0.25) is 5.02 Å². The van der Waals surface area contributed by atoms with Gasteiger partial charge in [0, 0.05) is 5.69 Å². The van der Waals surface area contributed by atoms with Gasteiger partial charge in [0.15, 0.2) is 5.60 Å². The molecule has 1 heterocycles. The summed E-state index contributed by atoms with van der Waals surface area (Å²) in [7, 11) is 1.48. The lowest BCUT2D eigenvalue weighted by molar-refractivity contribution is -0.133. The molecule has 1 aliphatic rings. The van der Waals surface area contributed by atoms with Crippen LogP contribution in [-0.4, -0.2) is 42.1 Å². The highest BCUT2D eigenvalue weighted by Crippen LogP contribution is 2.38. The van der Waals surface area contributed by atoms with Crippen molar-refractivity contribution in [2.24, 2.45) is 0 Å². The van der Waals surface area contributed by atoms with Crippen LogP contribution < -0.4 is 19.7 Å². The van der Waals surface area contributed by atoms with Crippen LogP contribution in [0.4, 0.5) is 11.4 Å². The molecule has 0 saturated carbocycles. The van der Waals surface area contributed by atoms with Gasteiger partial charge in [-0.1, -0.05) is 11.6 Å². The van der Waals surface area contributed by atoms with Crippen LogP contribution in [0, 0.1) is 0 Å². The summed E-state index contributed by atoms with van der Waals surface area (Å²) in [6.45, 7) is 2.83. The molecule has 9 heteroatoms. The molecule has 152 valence electrons. The number of nitrogens with one attached hydrogen (secondary N) is 1. The Kier molecular flexibility index (Phi) is 5.39. The molecular formula is C20H19ClN2O6. The van der Waals surface area contributed by atoms with Gasteiger partial charge in [0.1, 0.15) is 18.0 Å². The SMILES string of the molecule is COc1ccc(NC(=O)CN2C(=O)C(C)(C)Oc3ccc(C(=O)O)cc32)cc1Cl. The van der Waals surface area contributed by atoms with Crippen molar-refractivity contribution < 1.29 is 29.0 Å². The third-order valence-electron chi connectivity index (χ3n) is 4.36. The van der Waals surface area contributed by atoms with E-state index in [0.717, 1.165) is 0 Å². The molecule has 2 aromatic rings. The van der Waals surface area contributed by atoms with Crippen LogP contribution >= 0.6 is 11.6 Å². The van der Waals surface area contributed by atoms with Gasteiger partial charge in [-0.25, -0.2) is 4.79 Å². The summed E-state index contributed by atoms with van der Waals surface area (Å²) in [5.74, 6) is -1.31. The number of halogens is 1. The minimum Gasteiger partial charge on any atom is -0.495 e. The lowest BCUT2D eigenvalue weighted by Crippen LogP contribution is -2.54. The zero-order chi connectivity index (χ0) is 21.3. The number of amides is 2. The molecule has 1 aliphatic heterocycles. The van der Waals surface area contributed by atoms with E-state index in [9.17, 15) is 19.5 Å². The second-order valence-electron chi connectivity index (χ2n) is 6.89. The summed E-state index contributed by atoms with van der Waals surface area (Å²) in [6, 6.07) is 8.91. The van der Waals surface area contributed by atoms with E-state index >= 15 is 0 Å². The van der Waals surface area contributed by atoms with Crippen LogP contribution in [0.25, 0.3) is 0 Å². The second-order valence-corrected chi connectivity index (χ2v) is 7.30. The van der Waals surface area contributed by atoms with Gasteiger partial charge in [-0.15, -0.1) is 0 Å². The van der Waals surface area contributed by atoms with Gasteiger partial charge in [0.05, 0.1) is 23.4 Å². The van der Waals surface area contributed by atoms with Gasteiger partial charge >= 0.3 is 5.97 Å². The number of fused-ring (bicyclic) bond motifs is 1. The average Bonchev–Trinajstić information content (AvgIpc) is 2.65. The molecule has 0 spiro atoms. The van der Waals surface area contributed by atoms with E-state index in [4.69, 9.17) is 21.1 Å². The fraction of sp³-hybridized carbons (Fsp3) is 0.250. The maximum absolute atomic E-state index is 12.9. The van der Waals surface area contributed by atoms with Crippen LogP contribution in [-0.2, 0) is 9.59 Å². The molecule has 29 heavy (non-hydrogen) atoms. The molecule has 0 bridgehead atoms. The van der Waals surface area contributed by atoms with E-state index in [1.54, 1.807) is 26.0 Å². The Morgan fingerprint density at radius 1 is 1.24 bits per heavy atom. The first-order chi connectivity index (χ1) is 13.6.